The van der Waals surface area contributed by atoms with Gasteiger partial charge in [-0.3, -0.25) is 4.79 Å². The van der Waals surface area contributed by atoms with Crippen molar-refractivity contribution in [3.05, 3.63) is 35.0 Å². The van der Waals surface area contributed by atoms with Crippen LogP contribution in [-0.4, -0.2) is 40.9 Å². The average Bonchev–Trinajstić information content (AvgIpc) is 2.83. The number of rotatable bonds is 5. The highest BCUT2D eigenvalue weighted by molar-refractivity contribution is 8.01. The second kappa shape index (κ2) is 6.70. The molecule has 0 bridgehead atoms. The summed E-state index contributed by atoms with van der Waals surface area (Å²) in [4.78, 5) is 15.1. The summed E-state index contributed by atoms with van der Waals surface area (Å²) < 4.78 is 5.39. The molecule has 1 aliphatic rings. The summed E-state index contributed by atoms with van der Waals surface area (Å²) in [7, 11) is 1.81. The van der Waals surface area contributed by atoms with Gasteiger partial charge < -0.3 is 25.3 Å². The molecule has 2 rings (SSSR count). The lowest BCUT2D eigenvalue weighted by Gasteiger charge is -2.13. The lowest BCUT2D eigenvalue weighted by atomic mass is 10.2. The van der Waals surface area contributed by atoms with E-state index in [2.05, 4.69) is 10.1 Å². The molecule has 0 saturated heterocycles. The Labute approximate surface area is 126 Å². The molecule has 0 saturated carbocycles. The van der Waals surface area contributed by atoms with E-state index in [-0.39, 0.29) is 23.8 Å². The molecule has 114 valence electrons. The normalized spacial score (nSPS) is 15.6. The van der Waals surface area contributed by atoms with Gasteiger partial charge in [-0.25, -0.2) is 0 Å². The van der Waals surface area contributed by atoms with E-state index >= 15 is 0 Å². The number of hydrogen-bond acceptors (Lipinski definition) is 7. The molecule has 1 aromatic carbocycles. The largest absolute Gasteiger partial charge is 0.508 e. The van der Waals surface area contributed by atoms with E-state index in [0.29, 0.717) is 10.8 Å². The maximum Gasteiger partial charge on any atom is 0.256 e. The fraction of sp³-hybridized carbons (Fsp3) is 0.308. The summed E-state index contributed by atoms with van der Waals surface area (Å²) in [6.45, 7) is 1.53. The molecule has 1 heterocycles. The minimum Gasteiger partial charge on any atom is -0.508 e. The first-order valence-electron chi connectivity index (χ1n) is 6.28. The predicted octanol–water partition coefficient (Wildman–Crippen LogP) is 0.779. The van der Waals surface area contributed by atoms with Gasteiger partial charge in [-0.1, -0.05) is 0 Å². The van der Waals surface area contributed by atoms with Crippen molar-refractivity contribution in [3.63, 3.8) is 0 Å². The maximum atomic E-state index is 12.1. The molecule has 1 aliphatic heterocycles. The van der Waals surface area contributed by atoms with Crippen LogP contribution in [0.5, 0.6) is 11.5 Å². The minimum atomic E-state index is -0.423. The van der Waals surface area contributed by atoms with E-state index in [1.165, 1.54) is 30.1 Å². The smallest absolute Gasteiger partial charge is 0.256 e. The number of nitrogens with zero attached hydrogens (tertiary/aromatic N) is 1. The number of carbonyl (C=O) groups is 1. The highest BCUT2D eigenvalue weighted by atomic mass is 32.2. The molecule has 7 nitrogen and oxygen atoms in total. The number of phenols is 1. The van der Waals surface area contributed by atoms with Crippen LogP contribution in [-0.2, 0) is 0 Å². The van der Waals surface area contributed by atoms with Crippen LogP contribution in [0, 0.1) is 0 Å². The van der Waals surface area contributed by atoms with Gasteiger partial charge in [0.25, 0.3) is 5.91 Å². The van der Waals surface area contributed by atoms with Crippen molar-refractivity contribution in [1.29, 1.82) is 0 Å². The second-order valence-corrected chi connectivity index (χ2v) is 5.40. The van der Waals surface area contributed by atoms with Crippen molar-refractivity contribution in [1.82, 2.24) is 15.2 Å². The van der Waals surface area contributed by atoms with Gasteiger partial charge in [-0.15, -0.1) is 0 Å². The Hall–Kier alpha value is -1.90. The van der Waals surface area contributed by atoms with Crippen molar-refractivity contribution in [2.75, 3.05) is 13.7 Å². The van der Waals surface area contributed by atoms with Crippen LogP contribution < -0.4 is 14.9 Å². The fourth-order valence-electron chi connectivity index (χ4n) is 1.64. The quantitative estimate of drug-likeness (QED) is 0.597. The summed E-state index contributed by atoms with van der Waals surface area (Å²) >= 11 is 1.27. The van der Waals surface area contributed by atoms with Crippen molar-refractivity contribution in [3.8, 4) is 11.5 Å². The number of aliphatic hydroxyl groups excluding tert-OH is 1. The van der Waals surface area contributed by atoms with Gasteiger partial charge in [0.1, 0.15) is 22.6 Å². The third-order valence-corrected chi connectivity index (χ3v) is 3.40. The number of aromatic hydroxyl groups is 1. The third kappa shape index (κ3) is 4.28. The summed E-state index contributed by atoms with van der Waals surface area (Å²) in [5, 5.41) is 23.7. The first-order chi connectivity index (χ1) is 9.97. The number of ether oxygens (including phenoxy) is 1. The molecule has 0 fully saturated rings. The van der Waals surface area contributed by atoms with Gasteiger partial charge in [0.05, 0.1) is 6.61 Å². The number of phenolic OH excluding ortho intramolecular Hbond substituents is 1. The molecule has 1 aromatic rings. The van der Waals surface area contributed by atoms with Gasteiger partial charge in [-0.05, 0) is 31.0 Å². The number of benzene rings is 1. The monoisotopic (exact) mass is 311 g/mol. The zero-order chi connectivity index (χ0) is 15.4. The van der Waals surface area contributed by atoms with E-state index < -0.39 is 6.10 Å². The van der Waals surface area contributed by atoms with Gasteiger partial charge in [0.15, 0.2) is 0 Å². The number of aliphatic hydroxyl groups is 1. The van der Waals surface area contributed by atoms with Crippen molar-refractivity contribution < 1.29 is 19.7 Å². The van der Waals surface area contributed by atoms with Crippen LogP contribution >= 0.6 is 11.9 Å². The lowest BCUT2D eigenvalue weighted by Crippen LogP contribution is -2.21. The molecule has 1 amide bonds. The van der Waals surface area contributed by atoms with Crippen molar-refractivity contribution in [2.45, 2.75) is 13.0 Å². The van der Waals surface area contributed by atoms with Crippen LogP contribution in [0.25, 0.3) is 0 Å². The molecule has 8 heteroatoms. The number of hydrogen-bond donors (Lipinski definition) is 4. The van der Waals surface area contributed by atoms with Gasteiger partial charge >= 0.3 is 0 Å². The Kier molecular flexibility index (Phi) is 4.94. The van der Waals surface area contributed by atoms with E-state index in [4.69, 9.17) is 9.84 Å². The zero-order valence-corrected chi connectivity index (χ0v) is 12.5. The van der Waals surface area contributed by atoms with E-state index in [1.54, 1.807) is 18.1 Å². The van der Waals surface area contributed by atoms with Crippen LogP contribution in [0.15, 0.2) is 29.4 Å². The molecule has 1 atom stereocenters. The first kappa shape index (κ1) is 15.5. The number of carbonyl (C=O) groups excluding carboxylic acids is 1. The topological polar surface area (TPSA) is 94.1 Å². The van der Waals surface area contributed by atoms with Gasteiger partial charge in [-0.2, -0.15) is 4.83 Å². The van der Waals surface area contributed by atoms with Crippen LogP contribution in [0.3, 0.4) is 0 Å². The molecular weight excluding hydrogens is 294 g/mol. The number of hydrazine groups is 1. The van der Waals surface area contributed by atoms with Crippen molar-refractivity contribution in [2.24, 2.45) is 0 Å². The Balaban J connectivity index is 2.11. The van der Waals surface area contributed by atoms with Crippen molar-refractivity contribution >= 4 is 17.9 Å². The second-order valence-electron chi connectivity index (χ2n) is 4.58. The number of nitrogens with one attached hydrogen (secondary N) is 2. The SMILES string of the molecule is C[C@@H](CO)Oc1cc(O)cc(C(=O)NC2=CN(C)NS2)c1. The molecule has 0 spiro atoms. The summed E-state index contributed by atoms with van der Waals surface area (Å²) in [6.07, 6.45) is 1.31. The van der Waals surface area contributed by atoms with Crippen LogP contribution in [0.4, 0.5) is 0 Å². The molecule has 0 radical (unpaired) electrons. The Morgan fingerprint density at radius 3 is 2.90 bits per heavy atom. The number of amides is 1. The molecule has 4 N–H and O–H groups in total. The minimum absolute atomic E-state index is 0.0777. The summed E-state index contributed by atoms with van der Waals surface area (Å²) in [5.41, 5.74) is 0.270. The first-order valence-corrected chi connectivity index (χ1v) is 7.09. The van der Waals surface area contributed by atoms with Gasteiger partial charge in [0.2, 0.25) is 0 Å². The molecule has 0 unspecified atom stereocenters. The molecule has 0 aliphatic carbocycles. The molecule has 0 aromatic heterocycles. The molecular formula is C13H17N3O4S. The van der Waals surface area contributed by atoms with E-state index in [9.17, 15) is 9.90 Å². The maximum absolute atomic E-state index is 12.1. The molecule has 21 heavy (non-hydrogen) atoms. The van der Waals surface area contributed by atoms with Gasteiger partial charge in [0, 0.05) is 24.9 Å². The summed E-state index contributed by atoms with van der Waals surface area (Å²) in [5.74, 6) is -0.112. The zero-order valence-electron chi connectivity index (χ0n) is 11.7. The van der Waals surface area contributed by atoms with E-state index in [1.807, 2.05) is 7.05 Å². The van der Waals surface area contributed by atoms with Crippen LogP contribution in [0.1, 0.15) is 17.3 Å². The fourth-order valence-corrected chi connectivity index (χ4v) is 2.29. The Bertz CT molecular complexity index is 564. The highest BCUT2D eigenvalue weighted by Crippen LogP contribution is 2.24. The highest BCUT2D eigenvalue weighted by Gasteiger charge is 2.15. The Morgan fingerprint density at radius 2 is 2.29 bits per heavy atom. The summed E-state index contributed by atoms with van der Waals surface area (Å²) in [6, 6.07) is 4.25. The van der Waals surface area contributed by atoms with E-state index in [0.717, 1.165) is 0 Å². The third-order valence-electron chi connectivity index (χ3n) is 2.60. The standard InChI is InChI=1S/C13H17N3O4S/c1-8(7-17)20-11-4-9(3-10(18)5-11)13(19)14-12-6-16(2)15-21-12/h3-6,8,15,17-18H,7H2,1-2H3,(H,14,19)/t8-/m0/s1. The average molecular weight is 311 g/mol. The Morgan fingerprint density at radius 1 is 1.52 bits per heavy atom. The lowest BCUT2D eigenvalue weighted by molar-refractivity contribution is 0.0966. The van der Waals surface area contributed by atoms with Crippen LogP contribution in [0.2, 0.25) is 0 Å². The predicted molar refractivity (Wildman–Crippen MR) is 79.3 cm³/mol.